The van der Waals surface area contributed by atoms with E-state index in [0.717, 1.165) is 49.6 Å². The molecule has 1 aromatic heterocycles. The zero-order chi connectivity index (χ0) is 16.2. The molecule has 1 aliphatic rings. The Balaban J connectivity index is 1.65. The van der Waals surface area contributed by atoms with Crippen molar-refractivity contribution in [2.45, 2.75) is 38.8 Å². The number of hydrogen-bond acceptors (Lipinski definition) is 4. The average Bonchev–Trinajstić information content (AvgIpc) is 2.98. The second-order valence-corrected chi connectivity index (χ2v) is 6.06. The fourth-order valence-corrected chi connectivity index (χ4v) is 3.19. The van der Waals surface area contributed by atoms with Crippen molar-refractivity contribution in [3.8, 4) is 0 Å². The molecule has 3 N–H and O–H groups in total. The Bertz CT molecular complexity index is 653. The summed E-state index contributed by atoms with van der Waals surface area (Å²) in [6.07, 6.45) is 2.88. The maximum Gasteiger partial charge on any atom is 0.239 e. The SMILES string of the molecule is CCc1nnc2n1C[C@H](CN[C@H](C(N)=O)c1ccccc1)CC2. The summed E-state index contributed by atoms with van der Waals surface area (Å²) >= 11 is 0. The molecule has 1 aliphatic heterocycles. The van der Waals surface area contributed by atoms with Gasteiger partial charge in [0.25, 0.3) is 0 Å². The van der Waals surface area contributed by atoms with E-state index in [0.29, 0.717) is 5.92 Å². The first-order valence-electron chi connectivity index (χ1n) is 8.17. The molecular weight excluding hydrogens is 290 g/mol. The predicted octanol–water partition coefficient (Wildman–Crippen LogP) is 1.22. The molecule has 122 valence electrons. The van der Waals surface area contributed by atoms with Gasteiger partial charge in [0.15, 0.2) is 0 Å². The van der Waals surface area contributed by atoms with Gasteiger partial charge in [-0.25, -0.2) is 0 Å². The molecule has 6 heteroatoms. The summed E-state index contributed by atoms with van der Waals surface area (Å²) in [6.45, 7) is 3.75. The molecule has 6 nitrogen and oxygen atoms in total. The number of nitrogens with zero attached hydrogens (tertiary/aromatic N) is 3. The van der Waals surface area contributed by atoms with Gasteiger partial charge in [0, 0.05) is 25.9 Å². The molecule has 2 atom stereocenters. The first kappa shape index (κ1) is 15.7. The van der Waals surface area contributed by atoms with Gasteiger partial charge in [-0.1, -0.05) is 37.3 Å². The van der Waals surface area contributed by atoms with Crippen molar-refractivity contribution in [1.29, 1.82) is 0 Å². The fraction of sp³-hybridized carbons (Fsp3) is 0.471. The van der Waals surface area contributed by atoms with E-state index in [1.165, 1.54) is 0 Å². The summed E-state index contributed by atoms with van der Waals surface area (Å²) < 4.78 is 2.22. The second kappa shape index (κ2) is 6.91. The molecule has 2 heterocycles. The Kier molecular flexibility index (Phi) is 4.71. The second-order valence-electron chi connectivity index (χ2n) is 6.06. The van der Waals surface area contributed by atoms with Gasteiger partial charge in [-0.15, -0.1) is 10.2 Å². The van der Waals surface area contributed by atoms with Crippen molar-refractivity contribution in [2.24, 2.45) is 11.7 Å². The lowest BCUT2D eigenvalue weighted by atomic mass is 9.98. The number of benzene rings is 1. The van der Waals surface area contributed by atoms with Gasteiger partial charge < -0.3 is 15.6 Å². The Labute approximate surface area is 136 Å². The van der Waals surface area contributed by atoms with Crippen molar-refractivity contribution in [3.05, 3.63) is 47.5 Å². The van der Waals surface area contributed by atoms with Gasteiger partial charge in [0.1, 0.15) is 17.7 Å². The highest BCUT2D eigenvalue weighted by atomic mass is 16.1. The van der Waals surface area contributed by atoms with Crippen molar-refractivity contribution >= 4 is 5.91 Å². The maximum atomic E-state index is 11.8. The number of aryl methyl sites for hydroxylation is 2. The largest absolute Gasteiger partial charge is 0.368 e. The first-order valence-corrected chi connectivity index (χ1v) is 8.17. The molecule has 1 amide bonds. The Morgan fingerprint density at radius 3 is 2.87 bits per heavy atom. The number of fused-ring (bicyclic) bond motifs is 1. The molecule has 1 aromatic carbocycles. The molecule has 23 heavy (non-hydrogen) atoms. The van der Waals surface area contributed by atoms with E-state index >= 15 is 0 Å². The quantitative estimate of drug-likeness (QED) is 0.839. The van der Waals surface area contributed by atoms with Gasteiger partial charge in [0.2, 0.25) is 5.91 Å². The van der Waals surface area contributed by atoms with E-state index in [1.54, 1.807) is 0 Å². The van der Waals surface area contributed by atoms with Crippen molar-refractivity contribution in [3.63, 3.8) is 0 Å². The van der Waals surface area contributed by atoms with E-state index in [2.05, 4.69) is 27.0 Å². The lowest BCUT2D eigenvalue weighted by Crippen LogP contribution is -2.38. The molecule has 3 rings (SSSR count). The molecule has 2 aromatic rings. The Morgan fingerprint density at radius 1 is 1.39 bits per heavy atom. The number of amides is 1. The summed E-state index contributed by atoms with van der Waals surface area (Å²) in [5, 5.41) is 11.8. The van der Waals surface area contributed by atoms with Crippen molar-refractivity contribution < 1.29 is 4.79 Å². The van der Waals surface area contributed by atoms with Gasteiger partial charge in [-0.3, -0.25) is 4.79 Å². The van der Waals surface area contributed by atoms with Crippen LogP contribution in [0.3, 0.4) is 0 Å². The molecule has 0 unspecified atom stereocenters. The molecular formula is C17H23N5O. The molecule has 0 saturated carbocycles. The van der Waals surface area contributed by atoms with E-state index in [9.17, 15) is 4.79 Å². The van der Waals surface area contributed by atoms with Gasteiger partial charge in [-0.05, 0) is 17.9 Å². The maximum absolute atomic E-state index is 11.8. The number of rotatable bonds is 6. The highest BCUT2D eigenvalue weighted by molar-refractivity contribution is 5.81. The van der Waals surface area contributed by atoms with Gasteiger partial charge in [-0.2, -0.15) is 0 Å². The number of primary amides is 1. The Morgan fingerprint density at radius 2 is 2.17 bits per heavy atom. The monoisotopic (exact) mass is 313 g/mol. The number of carbonyl (C=O) groups excluding carboxylic acids is 1. The normalized spacial score (nSPS) is 18.4. The van der Waals surface area contributed by atoms with Crippen LogP contribution in [0.1, 0.15) is 36.6 Å². The summed E-state index contributed by atoms with van der Waals surface area (Å²) in [5.41, 5.74) is 6.48. The van der Waals surface area contributed by atoms with Crippen LogP contribution < -0.4 is 11.1 Å². The van der Waals surface area contributed by atoms with Gasteiger partial charge in [0.05, 0.1) is 0 Å². The van der Waals surface area contributed by atoms with Crippen LogP contribution >= 0.6 is 0 Å². The van der Waals surface area contributed by atoms with Crippen LogP contribution in [0.4, 0.5) is 0 Å². The van der Waals surface area contributed by atoms with Crippen LogP contribution in [0.2, 0.25) is 0 Å². The predicted molar refractivity (Wildman–Crippen MR) is 87.6 cm³/mol. The van der Waals surface area contributed by atoms with Crippen LogP contribution in [-0.4, -0.2) is 27.2 Å². The van der Waals surface area contributed by atoms with Crippen LogP contribution in [0, 0.1) is 5.92 Å². The molecule has 0 saturated heterocycles. The number of hydrogen-bond donors (Lipinski definition) is 2. The van der Waals surface area contributed by atoms with E-state index in [-0.39, 0.29) is 5.91 Å². The smallest absolute Gasteiger partial charge is 0.239 e. The third kappa shape index (κ3) is 3.42. The fourth-order valence-electron chi connectivity index (χ4n) is 3.19. The summed E-state index contributed by atoms with van der Waals surface area (Å²) in [5.74, 6) is 2.23. The van der Waals surface area contributed by atoms with Crippen LogP contribution in [-0.2, 0) is 24.2 Å². The summed E-state index contributed by atoms with van der Waals surface area (Å²) in [6, 6.07) is 9.19. The van der Waals surface area contributed by atoms with E-state index in [1.807, 2.05) is 30.3 Å². The minimum Gasteiger partial charge on any atom is -0.368 e. The third-order valence-corrected chi connectivity index (χ3v) is 4.47. The van der Waals surface area contributed by atoms with Crippen LogP contribution in [0.15, 0.2) is 30.3 Å². The number of nitrogens with one attached hydrogen (secondary N) is 1. The molecule has 0 radical (unpaired) electrons. The zero-order valence-electron chi connectivity index (χ0n) is 13.4. The highest BCUT2D eigenvalue weighted by Gasteiger charge is 2.24. The topological polar surface area (TPSA) is 85.8 Å². The van der Waals surface area contributed by atoms with E-state index < -0.39 is 6.04 Å². The number of aromatic nitrogens is 3. The number of nitrogens with two attached hydrogens (primary N) is 1. The van der Waals surface area contributed by atoms with E-state index in [4.69, 9.17) is 5.73 Å². The first-order chi connectivity index (χ1) is 11.2. The standard InChI is InChI=1S/C17H23N5O/c1-2-14-20-21-15-9-8-12(11-22(14)15)10-19-16(17(18)23)13-6-4-3-5-7-13/h3-7,12,16,19H,2,8-11H2,1H3,(H2,18,23)/t12-,16-/m0/s1. The Hall–Kier alpha value is -2.21. The lowest BCUT2D eigenvalue weighted by molar-refractivity contribution is -0.120. The average molecular weight is 313 g/mol. The van der Waals surface area contributed by atoms with Crippen LogP contribution in [0.5, 0.6) is 0 Å². The van der Waals surface area contributed by atoms with Crippen molar-refractivity contribution in [1.82, 2.24) is 20.1 Å². The highest BCUT2D eigenvalue weighted by Crippen LogP contribution is 2.21. The number of carbonyl (C=O) groups is 1. The third-order valence-electron chi connectivity index (χ3n) is 4.47. The summed E-state index contributed by atoms with van der Waals surface area (Å²) in [7, 11) is 0. The molecule has 0 fully saturated rings. The minimum atomic E-state index is -0.441. The van der Waals surface area contributed by atoms with Crippen LogP contribution in [0.25, 0.3) is 0 Å². The molecule has 0 aliphatic carbocycles. The van der Waals surface area contributed by atoms with Crippen molar-refractivity contribution in [2.75, 3.05) is 6.54 Å². The lowest BCUT2D eigenvalue weighted by Gasteiger charge is -2.26. The molecule has 0 spiro atoms. The summed E-state index contributed by atoms with van der Waals surface area (Å²) in [4.78, 5) is 11.8. The molecule has 0 bridgehead atoms. The zero-order valence-corrected chi connectivity index (χ0v) is 13.4. The van der Waals surface area contributed by atoms with Gasteiger partial charge >= 0.3 is 0 Å². The minimum absolute atomic E-state index is 0.341.